The average Bonchev–Trinajstić information content (AvgIpc) is 2.75. The second-order valence-corrected chi connectivity index (χ2v) is 5.20. The van der Waals surface area contributed by atoms with Crippen molar-refractivity contribution < 1.29 is 4.74 Å². The molecule has 0 aliphatic rings. The molecule has 0 spiro atoms. The van der Waals surface area contributed by atoms with Gasteiger partial charge in [0.05, 0.1) is 0 Å². The molecule has 1 aromatic carbocycles. The topological polar surface area (TPSA) is 42.8 Å². The zero-order chi connectivity index (χ0) is 14.7. The lowest BCUT2D eigenvalue weighted by atomic mass is 10.1. The van der Waals surface area contributed by atoms with E-state index in [0.717, 1.165) is 17.1 Å². The predicted molar refractivity (Wildman–Crippen MR) is 82.6 cm³/mol. The summed E-state index contributed by atoms with van der Waals surface area (Å²) < 4.78 is 8.47. The summed E-state index contributed by atoms with van der Waals surface area (Å²) in [5.74, 6) is 1.64. The molecular formula is C15H19N3OS. The second-order valence-electron chi connectivity index (χ2n) is 4.82. The van der Waals surface area contributed by atoms with Crippen molar-refractivity contribution in [1.29, 1.82) is 0 Å². The number of aromatic amines is 1. The van der Waals surface area contributed by atoms with E-state index in [1.165, 1.54) is 5.56 Å². The Kier molecular flexibility index (Phi) is 4.39. The van der Waals surface area contributed by atoms with Crippen LogP contribution in [-0.4, -0.2) is 14.8 Å². The Morgan fingerprint density at radius 3 is 2.90 bits per heavy atom. The van der Waals surface area contributed by atoms with Crippen molar-refractivity contribution >= 4 is 12.2 Å². The number of hydrogen-bond donors (Lipinski definition) is 1. The van der Waals surface area contributed by atoms with E-state index in [2.05, 4.69) is 29.8 Å². The van der Waals surface area contributed by atoms with Gasteiger partial charge in [0.15, 0.2) is 16.7 Å². The van der Waals surface area contributed by atoms with Gasteiger partial charge in [-0.25, -0.2) is 0 Å². The number of benzene rings is 1. The van der Waals surface area contributed by atoms with Crippen LogP contribution in [0.4, 0.5) is 0 Å². The van der Waals surface area contributed by atoms with E-state index in [4.69, 9.17) is 17.0 Å². The molecule has 0 aliphatic heterocycles. The Hall–Kier alpha value is -1.88. The van der Waals surface area contributed by atoms with Crippen molar-refractivity contribution in [3.05, 3.63) is 52.6 Å². The first-order valence-electron chi connectivity index (χ1n) is 6.53. The maximum absolute atomic E-state index is 6.00. The van der Waals surface area contributed by atoms with E-state index in [-0.39, 0.29) is 6.10 Å². The third kappa shape index (κ3) is 2.99. The van der Waals surface area contributed by atoms with Crippen LogP contribution in [0.1, 0.15) is 30.0 Å². The summed E-state index contributed by atoms with van der Waals surface area (Å²) in [7, 11) is 0. The molecule has 20 heavy (non-hydrogen) atoms. The Balaban J connectivity index is 2.26. The maximum Gasteiger partial charge on any atom is 0.195 e. The van der Waals surface area contributed by atoms with Crippen molar-refractivity contribution in [2.45, 2.75) is 33.4 Å². The summed E-state index contributed by atoms with van der Waals surface area (Å²) in [5, 5.41) is 7.05. The van der Waals surface area contributed by atoms with Crippen molar-refractivity contribution in [2.24, 2.45) is 0 Å². The minimum absolute atomic E-state index is 0.190. The molecule has 5 heteroatoms. The number of nitrogens with zero attached hydrogens (tertiary/aromatic N) is 2. The molecule has 0 amide bonds. The van der Waals surface area contributed by atoms with Crippen LogP contribution >= 0.6 is 12.2 Å². The molecule has 0 fully saturated rings. The zero-order valence-electron chi connectivity index (χ0n) is 12.0. The minimum Gasteiger partial charge on any atom is -0.482 e. The lowest BCUT2D eigenvalue weighted by Gasteiger charge is -2.16. The first-order valence-corrected chi connectivity index (χ1v) is 6.93. The van der Waals surface area contributed by atoms with Gasteiger partial charge in [0, 0.05) is 6.54 Å². The van der Waals surface area contributed by atoms with Crippen LogP contribution < -0.4 is 4.74 Å². The van der Waals surface area contributed by atoms with Gasteiger partial charge in [0.2, 0.25) is 0 Å². The number of rotatable bonds is 5. The van der Waals surface area contributed by atoms with Gasteiger partial charge >= 0.3 is 0 Å². The maximum atomic E-state index is 6.00. The summed E-state index contributed by atoms with van der Waals surface area (Å²) >= 11 is 5.21. The van der Waals surface area contributed by atoms with Crippen LogP contribution in [0.25, 0.3) is 0 Å². The number of ether oxygens (including phenoxy) is 1. The molecule has 1 atom stereocenters. The van der Waals surface area contributed by atoms with Crippen LogP contribution in [-0.2, 0) is 6.54 Å². The number of allylic oxidation sites excluding steroid dienone is 1. The van der Waals surface area contributed by atoms with Gasteiger partial charge in [0.1, 0.15) is 5.75 Å². The normalized spacial score (nSPS) is 12.2. The standard InChI is InChI=1S/C15H19N3OS/c1-5-8-18-14(16-17-15(18)20)12(4)19-13-7-6-10(2)9-11(13)3/h5-7,9,12H,1,8H2,2-4H3,(H,17,20)/t12-/m0/s1. The Bertz CT molecular complexity index is 672. The predicted octanol–water partition coefficient (Wildman–Crippen LogP) is 3.88. The largest absolute Gasteiger partial charge is 0.482 e. The van der Waals surface area contributed by atoms with Gasteiger partial charge in [0.25, 0.3) is 0 Å². The summed E-state index contributed by atoms with van der Waals surface area (Å²) in [6.45, 7) is 10.4. The van der Waals surface area contributed by atoms with E-state index < -0.39 is 0 Å². The third-order valence-corrected chi connectivity index (χ3v) is 3.41. The van der Waals surface area contributed by atoms with Crippen LogP contribution in [0.15, 0.2) is 30.9 Å². The first kappa shape index (κ1) is 14.5. The molecule has 0 bridgehead atoms. The molecule has 1 aromatic heterocycles. The average molecular weight is 289 g/mol. The lowest BCUT2D eigenvalue weighted by molar-refractivity contribution is 0.210. The fraction of sp³-hybridized carbons (Fsp3) is 0.333. The second kappa shape index (κ2) is 6.05. The molecule has 0 saturated carbocycles. The van der Waals surface area contributed by atoms with Crippen LogP contribution in [0.5, 0.6) is 5.75 Å². The highest BCUT2D eigenvalue weighted by Crippen LogP contribution is 2.24. The molecule has 0 saturated heterocycles. The molecule has 1 N–H and O–H groups in total. The van der Waals surface area contributed by atoms with Crippen LogP contribution in [0.3, 0.4) is 0 Å². The molecular weight excluding hydrogens is 270 g/mol. The Morgan fingerprint density at radius 1 is 1.50 bits per heavy atom. The summed E-state index contributed by atoms with van der Waals surface area (Å²) in [6, 6.07) is 6.12. The minimum atomic E-state index is -0.190. The number of aryl methyl sites for hydroxylation is 2. The lowest BCUT2D eigenvalue weighted by Crippen LogP contribution is -2.12. The molecule has 106 valence electrons. The molecule has 4 nitrogen and oxygen atoms in total. The summed E-state index contributed by atoms with van der Waals surface area (Å²) in [6.07, 6.45) is 1.60. The fourth-order valence-electron chi connectivity index (χ4n) is 2.12. The molecule has 2 aromatic rings. The molecule has 0 aliphatic carbocycles. The smallest absolute Gasteiger partial charge is 0.195 e. The van der Waals surface area contributed by atoms with E-state index in [0.29, 0.717) is 11.3 Å². The van der Waals surface area contributed by atoms with Gasteiger partial charge in [-0.3, -0.25) is 9.67 Å². The fourth-order valence-corrected chi connectivity index (χ4v) is 2.33. The Labute approximate surface area is 124 Å². The van der Waals surface area contributed by atoms with Gasteiger partial charge in [-0.1, -0.05) is 23.8 Å². The monoisotopic (exact) mass is 289 g/mol. The molecule has 2 rings (SSSR count). The Morgan fingerprint density at radius 2 is 2.25 bits per heavy atom. The molecule has 0 radical (unpaired) electrons. The van der Waals surface area contributed by atoms with Crippen LogP contribution in [0, 0.1) is 18.6 Å². The highest BCUT2D eigenvalue weighted by Gasteiger charge is 2.16. The van der Waals surface area contributed by atoms with Crippen molar-refractivity contribution in [3.8, 4) is 5.75 Å². The zero-order valence-corrected chi connectivity index (χ0v) is 12.8. The first-order chi connectivity index (χ1) is 9.52. The highest BCUT2D eigenvalue weighted by molar-refractivity contribution is 7.71. The summed E-state index contributed by atoms with van der Waals surface area (Å²) in [4.78, 5) is 0. The SMILES string of the molecule is C=CCn1c([C@H](C)Oc2ccc(C)cc2C)n[nH]c1=S. The molecule has 1 heterocycles. The van der Waals surface area contributed by atoms with Crippen molar-refractivity contribution in [2.75, 3.05) is 0 Å². The van der Waals surface area contributed by atoms with Gasteiger partial charge in [-0.2, -0.15) is 5.10 Å². The van der Waals surface area contributed by atoms with E-state index in [1.807, 2.05) is 30.5 Å². The number of aromatic nitrogens is 3. The quantitative estimate of drug-likeness (QED) is 0.671. The van der Waals surface area contributed by atoms with Crippen molar-refractivity contribution in [3.63, 3.8) is 0 Å². The van der Waals surface area contributed by atoms with E-state index in [9.17, 15) is 0 Å². The van der Waals surface area contributed by atoms with E-state index in [1.54, 1.807) is 6.08 Å². The van der Waals surface area contributed by atoms with Crippen molar-refractivity contribution in [1.82, 2.24) is 14.8 Å². The van der Waals surface area contributed by atoms with Gasteiger partial charge < -0.3 is 4.74 Å². The van der Waals surface area contributed by atoms with E-state index >= 15 is 0 Å². The third-order valence-electron chi connectivity index (χ3n) is 3.10. The number of nitrogens with one attached hydrogen (secondary N) is 1. The number of H-pyrrole nitrogens is 1. The molecule has 0 unspecified atom stereocenters. The van der Waals surface area contributed by atoms with Crippen LogP contribution in [0.2, 0.25) is 0 Å². The number of hydrogen-bond acceptors (Lipinski definition) is 3. The van der Waals surface area contributed by atoms with Gasteiger partial charge in [-0.05, 0) is 44.6 Å². The van der Waals surface area contributed by atoms with Gasteiger partial charge in [-0.15, -0.1) is 6.58 Å². The highest BCUT2D eigenvalue weighted by atomic mass is 32.1. The summed E-state index contributed by atoms with van der Waals surface area (Å²) in [5.41, 5.74) is 2.33.